The SMILES string of the molecule is CC(NCCCC1CC(c2ccc(C(=O)O)cc2)c2ccccc2O1)c1cccc2ccccc12. The Labute approximate surface area is 206 Å². The van der Waals surface area contributed by atoms with Crippen LogP contribution in [-0.4, -0.2) is 23.7 Å². The molecule has 1 heterocycles. The molecule has 0 spiro atoms. The molecule has 0 aliphatic carbocycles. The number of para-hydroxylation sites is 1. The van der Waals surface area contributed by atoms with Gasteiger partial charge in [-0.25, -0.2) is 4.79 Å². The predicted molar refractivity (Wildman–Crippen MR) is 140 cm³/mol. The summed E-state index contributed by atoms with van der Waals surface area (Å²) in [4.78, 5) is 11.3. The van der Waals surface area contributed by atoms with Gasteiger partial charge in [0.15, 0.2) is 0 Å². The van der Waals surface area contributed by atoms with Crippen LogP contribution in [0.2, 0.25) is 0 Å². The molecule has 4 heteroatoms. The molecule has 2 N–H and O–H groups in total. The standard InChI is InChI=1S/C31H31NO3/c1-21(26-13-6-9-22-8-2-3-11-27(22)26)32-19-7-10-25-20-29(28-12-4-5-14-30(28)35-25)23-15-17-24(18-16-23)31(33)34/h2-6,8-9,11-18,21,25,29,32H,7,10,19-20H2,1H3,(H,33,34). The molecule has 35 heavy (non-hydrogen) atoms. The smallest absolute Gasteiger partial charge is 0.335 e. The molecular weight excluding hydrogens is 434 g/mol. The van der Waals surface area contributed by atoms with Crippen molar-refractivity contribution in [3.8, 4) is 5.75 Å². The van der Waals surface area contributed by atoms with Crippen molar-refractivity contribution in [2.24, 2.45) is 0 Å². The van der Waals surface area contributed by atoms with Crippen molar-refractivity contribution in [2.75, 3.05) is 6.54 Å². The number of ether oxygens (including phenoxy) is 1. The van der Waals surface area contributed by atoms with Gasteiger partial charge in [-0.1, -0.05) is 72.8 Å². The highest BCUT2D eigenvalue weighted by Gasteiger charge is 2.29. The number of carboxylic acids is 1. The van der Waals surface area contributed by atoms with E-state index >= 15 is 0 Å². The molecule has 3 atom stereocenters. The Morgan fingerprint density at radius 1 is 0.971 bits per heavy atom. The molecule has 5 rings (SSSR count). The summed E-state index contributed by atoms with van der Waals surface area (Å²) in [5.41, 5.74) is 3.96. The van der Waals surface area contributed by atoms with Crippen LogP contribution in [0.15, 0.2) is 91.0 Å². The van der Waals surface area contributed by atoms with E-state index in [0.717, 1.165) is 37.1 Å². The lowest BCUT2D eigenvalue weighted by Crippen LogP contribution is -2.28. The van der Waals surface area contributed by atoms with Crippen molar-refractivity contribution in [2.45, 2.75) is 44.2 Å². The zero-order chi connectivity index (χ0) is 24.2. The Balaban J connectivity index is 1.22. The summed E-state index contributed by atoms with van der Waals surface area (Å²) in [5, 5.41) is 15.5. The fourth-order valence-corrected chi connectivity index (χ4v) is 5.23. The maximum absolute atomic E-state index is 11.3. The van der Waals surface area contributed by atoms with Gasteiger partial charge in [-0.15, -0.1) is 0 Å². The van der Waals surface area contributed by atoms with Gasteiger partial charge in [0.05, 0.1) is 11.7 Å². The minimum atomic E-state index is -0.896. The minimum absolute atomic E-state index is 0.128. The van der Waals surface area contributed by atoms with Gasteiger partial charge >= 0.3 is 5.97 Å². The van der Waals surface area contributed by atoms with Crippen molar-refractivity contribution >= 4 is 16.7 Å². The fraction of sp³-hybridized carbons (Fsp3) is 0.258. The summed E-state index contributed by atoms with van der Waals surface area (Å²) in [6.07, 6.45) is 3.01. The second kappa shape index (κ2) is 10.3. The summed E-state index contributed by atoms with van der Waals surface area (Å²) in [7, 11) is 0. The lowest BCUT2D eigenvalue weighted by atomic mass is 9.83. The molecule has 178 valence electrons. The van der Waals surface area contributed by atoms with Crippen molar-refractivity contribution in [3.63, 3.8) is 0 Å². The summed E-state index contributed by atoms with van der Waals surface area (Å²) >= 11 is 0. The number of benzene rings is 4. The Bertz CT molecular complexity index is 1310. The van der Waals surface area contributed by atoms with Crippen molar-refractivity contribution in [1.82, 2.24) is 5.32 Å². The minimum Gasteiger partial charge on any atom is -0.490 e. The summed E-state index contributed by atoms with van der Waals surface area (Å²) < 4.78 is 6.37. The van der Waals surface area contributed by atoms with E-state index in [1.54, 1.807) is 12.1 Å². The number of hydrogen-bond acceptors (Lipinski definition) is 3. The second-order valence-electron chi connectivity index (χ2n) is 9.38. The molecular formula is C31H31NO3. The van der Waals surface area contributed by atoms with Crippen LogP contribution in [0.5, 0.6) is 5.75 Å². The van der Waals surface area contributed by atoms with Crippen LogP contribution in [0, 0.1) is 0 Å². The van der Waals surface area contributed by atoms with Crippen LogP contribution in [0.4, 0.5) is 0 Å². The number of rotatable bonds is 8. The Morgan fingerprint density at radius 3 is 2.54 bits per heavy atom. The van der Waals surface area contributed by atoms with Gasteiger partial charge in [-0.3, -0.25) is 0 Å². The van der Waals surface area contributed by atoms with E-state index in [1.807, 2.05) is 30.3 Å². The molecule has 0 saturated carbocycles. The average Bonchev–Trinajstić information content (AvgIpc) is 2.90. The van der Waals surface area contributed by atoms with Crippen LogP contribution in [-0.2, 0) is 0 Å². The van der Waals surface area contributed by atoms with Gasteiger partial charge in [-0.2, -0.15) is 0 Å². The van der Waals surface area contributed by atoms with E-state index in [2.05, 4.69) is 60.8 Å². The summed E-state index contributed by atoms with van der Waals surface area (Å²) in [6, 6.07) is 30.8. The zero-order valence-electron chi connectivity index (χ0n) is 20.0. The molecule has 4 aromatic rings. The van der Waals surface area contributed by atoms with Crippen molar-refractivity contribution in [1.29, 1.82) is 0 Å². The van der Waals surface area contributed by atoms with E-state index in [9.17, 15) is 9.90 Å². The van der Waals surface area contributed by atoms with Crippen LogP contribution in [0.25, 0.3) is 10.8 Å². The number of fused-ring (bicyclic) bond motifs is 2. The van der Waals surface area contributed by atoms with E-state index in [1.165, 1.54) is 21.9 Å². The third-order valence-corrected chi connectivity index (χ3v) is 7.09. The normalized spacial score (nSPS) is 18.0. The molecule has 4 nitrogen and oxygen atoms in total. The predicted octanol–water partition coefficient (Wildman–Crippen LogP) is 6.95. The van der Waals surface area contributed by atoms with Crippen LogP contribution >= 0.6 is 0 Å². The first-order chi connectivity index (χ1) is 17.1. The van der Waals surface area contributed by atoms with Gasteiger partial charge in [0.1, 0.15) is 5.75 Å². The molecule has 0 fully saturated rings. The maximum Gasteiger partial charge on any atom is 0.335 e. The lowest BCUT2D eigenvalue weighted by molar-refractivity contribution is 0.0697. The Hall–Kier alpha value is -3.63. The van der Waals surface area contributed by atoms with Crippen LogP contribution in [0.3, 0.4) is 0 Å². The summed E-state index contributed by atoms with van der Waals surface area (Å²) in [6.45, 7) is 3.15. The number of nitrogens with one attached hydrogen (secondary N) is 1. The van der Waals surface area contributed by atoms with Gasteiger partial charge in [0.2, 0.25) is 0 Å². The molecule has 1 aliphatic heterocycles. The highest BCUT2D eigenvalue weighted by atomic mass is 16.5. The highest BCUT2D eigenvalue weighted by Crippen LogP contribution is 2.41. The van der Waals surface area contributed by atoms with Gasteiger partial charge in [0.25, 0.3) is 0 Å². The number of carbonyl (C=O) groups is 1. The molecule has 4 aromatic carbocycles. The van der Waals surface area contributed by atoms with E-state index < -0.39 is 5.97 Å². The average molecular weight is 466 g/mol. The van der Waals surface area contributed by atoms with Gasteiger partial charge in [-0.05, 0) is 72.8 Å². The van der Waals surface area contributed by atoms with E-state index in [4.69, 9.17) is 4.74 Å². The zero-order valence-corrected chi connectivity index (χ0v) is 20.0. The Kier molecular flexibility index (Phi) is 6.82. The second-order valence-corrected chi connectivity index (χ2v) is 9.38. The fourth-order valence-electron chi connectivity index (χ4n) is 5.23. The first-order valence-corrected chi connectivity index (χ1v) is 12.4. The topological polar surface area (TPSA) is 58.6 Å². The van der Waals surface area contributed by atoms with Crippen molar-refractivity contribution in [3.05, 3.63) is 113 Å². The molecule has 0 radical (unpaired) electrons. The van der Waals surface area contributed by atoms with E-state index in [0.29, 0.717) is 5.56 Å². The number of aromatic carboxylic acids is 1. The largest absolute Gasteiger partial charge is 0.490 e. The number of hydrogen-bond donors (Lipinski definition) is 2. The quantitative estimate of drug-likeness (QED) is 0.276. The molecule has 0 bridgehead atoms. The molecule has 0 amide bonds. The first-order valence-electron chi connectivity index (χ1n) is 12.4. The molecule has 3 unspecified atom stereocenters. The lowest BCUT2D eigenvalue weighted by Gasteiger charge is -2.33. The molecule has 0 aromatic heterocycles. The van der Waals surface area contributed by atoms with Crippen molar-refractivity contribution < 1.29 is 14.6 Å². The van der Waals surface area contributed by atoms with Crippen LogP contribution in [0.1, 0.15) is 65.2 Å². The van der Waals surface area contributed by atoms with Gasteiger partial charge < -0.3 is 15.2 Å². The van der Waals surface area contributed by atoms with E-state index in [-0.39, 0.29) is 18.1 Å². The van der Waals surface area contributed by atoms with Crippen LogP contribution < -0.4 is 10.1 Å². The first kappa shape index (κ1) is 23.1. The third kappa shape index (κ3) is 5.08. The third-order valence-electron chi connectivity index (χ3n) is 7.09. The summed E-state index contributed by atoms with van der Waals surface area (Å²) in [5.74, 6) is 0.246. The van der Waals surface area contributed by atoms with Gasteiger partial charge in [0, 0.05) is 17.5 Å². The number of carboxylic acid groups (broad SMARTS) is 1. The Morgan fingerprint density at radius 2 is 1.71 bits per heavy atom. The monoisotopic (exact) mass is 465 g/mol. The highest BCUT2D eigenvalue weighted by molar-refractivity contribution is 5.87. The molecule has 0 saturated heterocycles. The molecule has 1 aliphatic rings. The maximum atomic E-state index is 11.3.